The van der Waals surface area contributed by atoms with Gasteiger partial charge >= 0.3 is 5.97 Å². The van der Waals surface area contributed by atoms with Crippen LogP contribution in [-0.2, 0) is 4.74 Å². The van der Waals surface area contributed by atoms with E-state index in [1.165, 1.54) is 13.2 Å². The molecule has 0 radical (unpaired) electrons. The summed E-state index contributed by atoms with van der Waals surface area (Å²) in [5, 5.41) is 30.5. The van der Waals surface area contributed by atoms with E-state index in [2.05, 4.69) is 4.98 Å². The van der Waals surface area contributed by atoms with Crippen molar-refractivity contribution >= 4 is 5.97 Å². The summed E-state index contributed by atoms with van der Waals surface area (Å²) in [6, 6.07) is 18.3. The summed E-state index contributed by atoms with van der Waals surface area (Å²) in [6.45, 7) is 0.533. The molecule has 0 spiro atoms. The van der Waals surface area contributed by atoms with Crippen molar-refractivity contribution in [1.29, 1.82) is 0 Å². The first-order chi connectivity index (χ1) is 16.0. The number of nitrogens with zero attached hydrogens (tertiary/aromatic N) is 2. The minimum Gasteiger partial charge on any atom is -0.507 e. The van der Waals surface area contributed by atoms with Gasteiger partial charge in [0, 0.05) is 24.6 Å². The highest BCUT2D eigenvalue weighted by Crippen LogP contribution is 2.36. The van der Waals surface area contributed by atoms with Gasteiger partial charge in [-0.2, -0.15) is 0 Å². The van der Waals surface area contributed by atoms with Crippen molar-refractivity contribution in [3.63, 3.8) is 0 Å². The number of rotatable bonds is 8. The smallest absolute Gasteiger partial charge is 0.339 e. The molecule has 3 N–H and O–H groups in total. The molecule has 0 atom stereocenters. The van der Waals surface area contributed by atoms with E-state index in [9.17, 15) is 20.1 Å². The molecular formula is C25H22N2O6. The zero-order valence-corrected chi connectivity index (χ0v) is 17.8. The first-order valence-corrected chi connectivity index (χ1v) is 10.1. The number of carboxylic acid groups (broad SMARTS) is 1. The summed E-state index contributed by atoms with van der Waals surface area (Å²) in [5.41, 5.74) is 1.90. The van der Waals surface area contributed by atoms with E-state index in [0.29, 0.717) is 34.9 Å². The third-order valence-electron chi connectivity index (χ3n) is 5.05. The molecule has 33 heavy (non-hydrogen) atoms. The highest BCUT2D eigenvalue weighted by Gasteiger charge is 2.20. The van der Waals surface area contributed by atoms with Gasteiger partial charge in [0.15, 0.2) is 0 Å². The van der Waals surface area contributed by atoms with Gasteiger partial charge in [-0.05, 0) is 42.5 Å². The lowest BCUT2D eigenvalue weighted by atomic mass is 10.1. The molecule has 0 aliphatic carbocycles. The van der Waals surface area contributed by atoms with Gasteiger partial charge < -0.3 is 24.8 Å². The van der Waals surface area contributed by atoms with E-state index in [-0.39, 0.29) is 29.4 Å². The van der Waals surface area contributed by atoms with Crippen LogP contribution < -0.4 is 4.74 Å². The minimum absolute atomic E-state index is 0.0196. The molecule has 0 aliphatic heterocycles. The van der Waals surface area contributed by atoms with Crippen molar-refractivity contribution in [3.05, 3.63) is 78.5 Å². The Morgan fingerprint density at radius 2 is 1.61 bits per heavy atom. The van der Waals surface area contributed by atoms with Crippen molar-refractivity contribution < 1.29 is 29.6 Å². The number of phenols is 2. The van der Waals surface area contributed by atoms with Gasteiger partial charge in [0.05, 0.1) is 17.9 Å². The zero-order valence-electron chi connectivity index (χ0n) is 17.8. The molecular weight excluding hydrogens is 424 g/mol. The van der Waals surface area contributed by atoms with Gasteiger partial charge in [-0.25, -0.2) is 9.78 Å². The first kappa shape index (κ1) is 21.9. The SMILES string of the molecule is COCCOc1ccc(-n2cc(-c3ccccc3O)nc2-c2ccccc2O)cc1C(=O)O. The zero-order chi connectivity index (χ0) is 23.4. The van der Waals surface area contributed by atoms with Crippen LogP contribution in [-0.4, -0.2) is 51.2 Å². The molecule has 0 saturated heterocycles. The standard InChI is InChI=1S/C25H22N2O6/c1-32-12-13-33-23-11-10-16(14-19(23)25(30)31)27-15-20(17-6-2-4-8-21(17)28)26-24(27)18-7-3-5-9-22(18)29/h2-11,14-15,28-29H,12-13H2,1H3,(H,30,31). The first-order valence-electron chi connectivity index (χ1n) is 10.1. The highest BCUT2D eigenvalue weighted by molar-refractivity contribution is 5.91. The second-order valence-electron chi connectivity index (χ2n) is 7.18. The molecule has 0 bridgehead atoms. The van der Waals surface area contributed by atoms with Crippen LogP contribution in [0.3, 0.4) is 0 Å². The summed E-state index contributed by atoms with van der Waals surface area (Å²) in [4.78, 5) is 16.6. The number of methoxy groups -OCH3 is 1. The largest absolute Gasteiger partial charge is 0.507 e. The third-order valence-corrected chi connectivity index (χ3v) is 5.05. The number of imidazole rings is 1. The normalized spacial score (nSPS) is 10.8. The Morgan fingerprint density at radius 1 is 0.939 bits per heavy atom. The van der Waals surface area contributed by atoms with E-state index in [4.69, 9.17) is 9.47 Å². The van der Waals surface area contributed by atoms with E-state index >= 15 is 0 Å². The molecule has 0 unspecified atom stereocenters. The average molecular weight is 446 g/mol. The maximum atomic E-state index is 11.9. The molecule has 0 amide bonds. The number of carboxylic acids is 1. The Morgan fingerprint density at radius 3 is 2.24 bits per heavy atom. The number of hydrogen-bond acceptors (Lipinski definition) is 6. The number of phenolic OH excluding ortho intramolecular Hbond substituents is 2. The topological polar surface area (TPSA) is 114 Å². The summed E-state index contributed by atoms with van der Waals surface area (Å²) in [7, 11) is 1.53. The molecule has 1 aromatic heterocycles. The molecule has 0 aliphatic rings. The van der Waals surface area contributed by atoms with Gasteiger partial charge in [0.1, 0.15) is 35.2 Å². The molecule has 8 nitrogen and oxygen atoms in total. The summed E-state index contributed by atoms with van der Waals surface area (Å²) < 4.78 is 12.2. The van der Waals surface area contributed by atoms with Crippen molar-refractivity contribution in [2.75, 3.05) is 20.3 Å². The quantitative estimate of drug-likeness (QED) is 0.345. The summed E-state index contributed by atoms with van der Waals surface area (Å²) >= 11 is 0. The number of benzene rings is 3. The Labute approximate surface area is 189 Å². The van der Waals surface area contributed by atoms with E-state index in [1.807, 2.05) is 0 Å². The molecule has 3 aromatic carbocycles. The van der Waals surface area contributed by atoms with Crippen molar-refractivity contribution in [2.24, 2.45) is 0 Å². The lowest BCUT2D eigenvalue weighted by molar-refractivity contribution is 0.0689. The van der Waals surface area contributed by atoms with Crippen LogP contribution in [0.25, 0.3) is 28.3 Å². The highest BCUT2D eigenvalue weighted by atomic mass is 16.5. The van der Waals surface area contributed by atoms with E-state index < -0.39 is 5.97 Å². The summed E-state index contributed by atoms with van der Waals surface area (Å²) in [6.07, 6.45) is 1.68. The fraction of sp³-hybridized carbons (Fsp3) is 0.120. The predicted molar refractivity (Wildman–Crippen MR) is 122 cm³/mol. The third kappa shape index (κ3) is 4.51. The Kier molecular flexibility index (Phi) is 6.28. The van der Waals surface area contributed by atoms with Gasteiger partial charge in [-0.1, -0.05) is 24.3 Å². The predicted octanol–water partition coefficient (Wildman–Crippen LogP) is 4.34. The average Bonchev–Trinajstić information content (AvgIpc) is 3.25. The van der Waals surface area contributed by atoms with Crippen LogP contribution in [0.1, 0.15) is 10.4 Å². The van der Waals surface area contributed by atoms with Crippen LogP contribution in [0.2, 0.25) is 0 Å². The van der Waals surface area contributed by atoms with Crippen LogP contribution in [0.4, 0.5) is 0 Å². The monoisotopic (exact) mass is 446 g/mol. The van der Waals surface area contributed by atoms with Gasteiger partial charge in [0.2, 0.25) is 0 Å². The molecule has 0 fully saturated rings. The van der Waals surface area contributed by atoms with E-state index in [1.54, 1.807) is 71.4 Å². The van der Waals surface area contributed by atoms with Crippen LogP contribution >= 0.6 is 0 Å². The maximum absolute atomic E-state index is 11.9. The van der Waals surface area contributed by atoms with E-state index in [0.717, 1.165) is 0 Å². The molecule has 4 aromatic rings. The van der Waals surface area contributed by atoms with Gasteiger partial charge in [-0.3, -0.25) is 4.57 Å². The Bertz CT molecular complexity index is 1300. The molecule has 0 saturated carbocycles. The lowest BCUT2D eigenvalue weighted by Crippen LogP contribution is -2.09. The van der Waals surface area contributed by atoms with Crippen LogP contribution in [0.5, 0.6) is 17.2 Å². The molecule has 8 heteroatoms. The number of ether oxygens (including phenoxy) is 2. The number of aromatic nitrogens is 2. The number of hydrogen-bond donors (Lipinski definition) is 3. The van der Waals surface area contributed by atoms with Crippen molar-refractivity contribution in [2.45, 2.75) is 0 Å². The number of aromatic carboxylic acids is 1. The number of aromatic hydroxyl groups is 2. The number of carbonyl (C=O) groups is 1. The Balaban J connectivity index is 1.87. The van der Waals surface area contributed by atoms with Crippen LogP contribution in [0.15, 0.2) is 72.9 Å². The Hall–Kier alpha value is -4.30. The minimum atomic E-state index is -1.14. The second kappa shape index (κ2) is 9.46. The van der Waals surface area contributed by atoms with Crippen LogP contribution in [0, 0.1) is 0 Å². The summed E-state index contributed by atoms with van der Waals surface area (Å²) in [5.74, 6) is -0.469. The van der Waals surface area contributed by atoms with Gasteiger partial charge in [0.25, 0.3) is 0 Å². The molecule has 168 valence electrons. The molecule has 1 heterocycles. The number of para-hydroxylation sites is 2. The van der Waals surface area contributed by atoms with Gasteiger partial charge in [-0.15, -0.1) is 0 Å². The van der Waals surface area contributed by atoms with Crippen molar-refractivity contribution in [1.82, 2.24) is 9.55 Å². The second-order valence-corrected chi connectivity index (χ2v) is 7.18. The fourth-order valence-corrected chi connectivity index (χ4v) is 3.45. The fourth-order valence-electron chi connectivity index (χ4n) is 3.45. The van der Waals surface area contributed by atoms with Crippen molar-refractivity contribution in [3.8, 4) is 45.6 Å². The maximum Gasteiger partial charge on any atom is 0.339 e. The lowest BCUT2D eigenvalue weighted by Gasteiger charge is -2.13. The molecule has 4 rings (SSSR count).